The van der Waals surface area contributed by atoms with Crippen LogP contribution in [0.5, 0.6) is 11.5 Å². The topological polar surface area (TPSA) is 111 Å². The fourth-order valence-electron chi connectivity index (χ4n) is 8.32. The van der Waals surface area contributed by atoms with Crippen LogP contribution in [0.4, 0.5) is 0 Å². The summed E-state index contributed by atoms with van der Waals surface area (Å²) < 4.78 is 77.5. The number of methoxy groups -OCH3 is 10. The van der Waals surface area contributed by atoms with Crippen molar-refractivity contribution in [2.24, 2.45) is 0 Å². The number of hydrogen-bond donors (Lipinski definition) is 0. The molecular weight excluding hydrogens is 672 g/mol. The molecule has 0 saturated carbocycles. The molecule has 2 aliphatic heterocycles. The zero-order valence-corrected chi connectivity index (χ0v) is 31.1. The second-order valence-corrected chi connectivity index (χ2v) is 12.0. The van der Waals surface area contributed by atoms with Gasteiger partial charge in [-0.2, -0.15) is 0 Å². The van der Waals surface area contributed by atoms with Crippen molar-refractivity contribution in [3.63, 3.8) is 0 Å². The van der Waals surface area contributed by atoms with Gasteiger partial charge < -0.3 is 56.8 Å². The predicted octanol–water partition coefficient (Wildman–Crippen LogP) is 6.01. The number of benzene rings is 4. The summed E-state index contributed by atoms with van der Waals surface area (Å²) >= 11 is 0. The van der Waals surface area contributed by atoms with E-state index in [1.165, 1.54) is 71.1 Å². The summed E-state index contributed by atoms with van der Waals surface area (Å²) in [5.41, 5.74) is 3.11. The van der Waals surface area contributed by atoms with Crippen molar-refractivity contribution in [3.05, 3.63) is 119 Å². The van der Waals surface area contributed by atoms with E-state index in [4.69, 9.17) is 56.8 Å². The van der Waals surface area contributed by atoms with E-state index >= 15 is 0 Å². The lowest BCUT2D eigenvalue weighted by Gasteiger charge is -2.58. The summed E-state index contributed by atoms with van der Waals surface area (Å²) in [6.07, 6.45) is 0. The molecule has 4 aromatic rings. The van der Waals surface area contributed by atoms with Gasteiger partial charge in [-0.25, -0.2) is 0 Å². The molecule has 2 unspecified atom stereocenters. The van der Waals surface area contributed by atoms with Crippen LogP contribution in [-0.4, -0.2) is 82.7 Å². The number of rotatable bonds is 13. The first-order valence-corrected chi connectivity index (χ1v) is 16.5. The molecule has 278 valence electrons. The van der Waals surface area contributed by atoms with Crippen molar-refractivity contribution in [1.29, 1.82) is 0 Å². The highest BCUT2D eigenvalue weighted by atomic mass is 16.8. The van der Waals surface area contributed by atoms with Crippen LogP contribution in [0.3, 0.4) is 0 Å². The lowest BCUT2D eigenvalue weighted by molar-refractivity contribution is -0.490. The molecule has 0 saturated heterocycles. The van der Waals surface area contributed by atoms with Crippen LogP contribution in [0, 0.1) is 0 Å². The predicted molar refractivity (Wildman–Crippen MR) is 188 cm³/mol. The van der Waals surface area contributed by atoms with Gasteiger partial charge in [0.2, 0.25) is 0 Å². The van der Waals surface area contributed by atoms with E-state index < -0.39 is 34.7 Å². The zero-order valence-electron chi connectivity index (χ0n) is 31.1. The average molecular weight is 719 g/mol. The molecule has 0 N–H and O–H groups in total. The monoisotopic (exact) mass is 718 g/mol. The quantitative estimate of drug-likeness (QED) is 0.151. The molecule has 12 heteroatoms. The van der Waals surface area contributed by atoms with Gasteiger partial charge in [-0.1, -0.05) is 84.9 Å². The van der Waals surface area contributed by atoms with Crippen molar-refractivity contribution in [3.8, 4) is 22.6 Å². The fraction of sp³-hybridized carbons (Fsp3) is 0.400. The molecule has 0 aromatic heterocycles. The minimum Gasteiger partial charge on any atom is -0.452 e. The molecule has 2 atom stereocenters. The minimum absolute atomic E-state index is 0.353. The third-order valence-corrected chi connectivity index (χ3v) is 10.4. The van der Waals surface area contributed by atoms with E-state index in [0.717, 1.165) is 0 Å². The van der Waals surface area contributed by atoms with Crippen LogP contribution in [0.15, 0.2) is 97.1 Å². The van der Waals surface area contributed by atoms with E-state index in [2.05, 4.69) is 0 Å². The largest absolute Gasteiger partial charge is 0.452 e. The van der Waals surface area contributed by atoms with Crippen molar-refractivity contribution in [2.45, 2.75) is 34.7 Å². The first-order valence-electron chi connectivity index (χ1n) is 16.5. The Labute approximate surface area is 304 Å². The molecule has 12 nitrogen and oxygen atoms in total. The first kappa shape index (κ1) is 37.8. The summed E-state index contributed by atoms with van der Waals surface area (Å²) in [5.74, 6) is -10.3. The SMILES string of the molecule is COC1(c2ccccc2)Oc2cccc(-c3cccc4c3C(OC)(OC)C(OC)(OC)C(OC)(c3ccccc3)O4)c2C(OC)(OC)C1(OC)OC. The number of hydrogen-bond acceptors (Lipinski definition) is 12. The van der Waals surface area contributed by atoms with E-state index in [1.54, 1.807) is 12.1 Å². The van der Waals surface area contributed by atoms with E-state index in [1.807, 2.05) is 84.9 Å². The second kappa shape index (κ2) is 14.1. The molecule has 0 fully saturated rings. The second-order valence-electron chi connectivity index (χ2n) is 12.0. The van der Waals surface area contributed by atoms with Crippen LogP contribution in [0.1, 0.15) is 22.3 Å². The van der Waals surface area contributed by atoms with Crippen molar-refractivity contribution < 1.29 is 56.8 Å². The Hall–Kier alpha value is -3.92. The Morgan fingerprint density at radius 3 is 0.942 bits per heavy atom. The molecule has 52 heavy (non-hydrogen) atoms. The molecular formula is C40H46O12. The molecule has 4 aromatic carbocycles. The van der Waals surface area contributed by atoms with Gasteiger partial charge in [0.25, 0.3) is 23.1 Å². The Morgan fingerprint density at radius 2 is 0.673 bits per heavy atom. The third kappa shape index (κ3) is 4.51. The highest BCUT2D eigenvalue weighted by molar-refractivity contribution is 5.78. The van der Waals surface area contributed by atoms with Gasteiger partial charge in [0.15, 0.2) is 0 Å². The maximum absolute atomic E-state index is 6.92. The number of fused-ring (bicyclic) bond motifs is 2. The highest BCUT2D eigenvalue weighted by Gasteiger charge is 2.77. The first-order chi connectivity index (χ1) is 25.2. The van der Waals surface area contributed by atoms with Crippen LogP contribution in [-0.2, 0) is 70.5 Å². The lowest BCUT2D eigenvalue weighted by Crippen LogP contribution is -2.73. The smallest absolute Gasteiger partial charge is 0.301 e. The van der Waals surface area contributed by atoms with Gasteiger partial charge >= 0.3 is 11.6 Å². The van der Waals surface area contributed by atoms with Gasteiger partial charge in [0.05, 0.1) is 11.1 Å². The molecule has 6 rings (SSSR count). The summed E-state index contributed by atoms with van der Waals surface area (Å²) in [6.45, 7) is 0. The van der Waals surface area contributed by atoms with Crippen molar-refractivity contribution in [1.82, 2.24) is 0 Å². The molecule has 2 aliphatic rings. The van der Waals surface area contributed by atoms with Gasteiger partial charge in [0, 0.05) is 82.2 Å². The minimum atomic E-state index is -1.92. The Balaban J connectivity index is 1.74. The summed E-state index contributed by atoms with van der Waals surface area (Å²) in [7, 11) is 14.9. The highest BCUT2D eigenvalue weighted by Crippen LogP contribution is 2.64. The van der Waals surface area contributed by atoms with E-state index in [9.17, 15) is 0 Å². The molecule has 0 bridgehead atoms. The standard InChI is InChI=1S/C40H46O12/c1-41-35(27-19-13-11-14-20-27)39(47-7,48-8)37(43-3,44-4)33-29(23-17-25-31(33)51-35)30-24-18-26-32-34(30)38(45-5,46-6)40(49-9,50-10)36(42-2,52-32)28-21-15-12-16-22-28/h11-26H,1-10H3. The molecule has 0 radical (unpaired) electrons. The van der Waals surface area contributed by atoms with Crippen molar-refractivity contribution >= 4 is 0 Å². The number of ether oxygens (including phenoxy) is 12. The van der Waals surface area contributed by atoms with E-state index in [-0.39, 0.29) is 0 Å². The maximum Gasteiger partial charge on any atom is 0.301 e. The van der Waals surface area contributed by atoms with Crippen LogP contribution < -0.4 is 9.47 Å². The zero-order chi connectivity index (χ0) is 37.4. The van der Waals surface area contributed by atoms with Gasteiger partial charge in [-0.15, -0.1) is 0 Å². The molecule has 2 heterocycles. The molecule has 0 spiro atoms. The van der Waals surface area contributed by atoms with Gasteiger partial charge in [0.1, 0.15) is 11.5 Å². The third-order valence-electron chi connectivity index (χ3n) is 10.4. The maximum atomic E-state index is 6.92. The average Bonchev–Trinajstić information content (AvgIpc) is 3.22. The van der Waals surface area contributed by atoms with Gasteiger partial charge in [-0.3, -0.25) is 0 Å². The summed E-state index contributed by atoms with van der Waals surface area (Å²) in [6, 6.07) is 29.7. The van der Waals surface area contributed by atoms with Crippen molar-refractivity contribution in [2.75, 3.05) is 71.1 Å². The summed E-state index contributed by atoms with van der Waals surface area (Å²) in [4.78, 5) is 0. The molecule has 0 aliphatic carbocycles. The lowest BCUT2D eigenvalue weighted by atomic mass is 9.75. The van der Waals surface area contributed by atoms with Gasteiger partial charge in [-0.05, 0) is 23.3 Å². The van der Waals surface area contributed by atoms with Crippen LogP contribution in [0.25, 0.3) is 11.1 Å². The Morgan fingerprint density at radius 1 is 0.346 bits per heavy atom. The van der Waals surface area contributed by atoms with E-state index in [0.29, 0.717) is 44.9 Å². The van der Waals surface area contributed by atoms with Crippen LogP contribution in [0.2, 0.25) is 0 Å². The molecule has 0 amide bonds. The Bertz CT molecular complexity index is 1700. The Kier molecular flexibility index (Phi) is 10.3. The normalized spacial score (nSPS) is 23.5. The van der Waals surface area contributed by atoms with Crippen LogP contribution >= 0.6 is 0 Å². The fourth-order valence-corrected chi connectivity index (χ4v) is 8.32. The summed E-state index contributed by atoms with van der Waals surface area (Å²) in [5, 5.41) is 0.